The van der Waals surface area contributed by atoms with Crippen molar-refractivity contribution in [3.05, 3.63) is 47.8 Å². The number of anilines is 1. The molecule has 1 atom stereocenters. The van der Waals surface area contributed by atoms with Gasteiger partial charge in [-0.15, -0.1) is 0 Å². The Kier molecular flexibility index (Phi) is 7.39. The molecule has 1 aromatic carbocycles. The first kappa shape index (κ1) is 21.2. The highest BCUT2D eigenvalue weighted by Gasteiger charge is 2.24. The van der Waals surface area contributed by atoms with Gasteiger partial charge in [-0.2, -0.15) is 5.10 Å². The molecule has 2 rings (SSSR count). The maximum atomic E-state index is 11.2. The molecule has 1 heterocycles. The molecular weight excluding hydrogens is 360 g/mol. The lowest BCUT2D eigenvalue weighted by molar-refractivity contribution is 0.0616. The number of guanidine groups is 1. The molecule has 0 saturated heterocycles. The predicted octanol–water partition coefficient (Wildman–Crippen LogP) is 1.56. The van der Waals surface area contributed by atoms with E-state index in [4.69, 9.17) is 0 Å². The van der Waals surface area contributed by atoms with Crippen LogP contribution in [0.4, 0.5) is 10.5 Å². The minimum atomic E-state index is -1.08. The Hall–Kier alpha value is -3.07. The molecular formula is C19H28N6O3. The number of aliphatic imine (C=N–C) groups is 1. The van der Waals surface area contributed by atoms with E-state index in [0.717, 1.165) is 11.1 Å². The first-order chi connectivity index (χ1) is 13.3. The fraction of sp³-hybridized carbons (Fsp3) is 0.421. The van der Waals surface area contributed by atoms with E-state index in [0.29, 0.717) is 24.7 Å². The first-order valence-corrected chi connectivity index (χ1v) is 9.01. The summed E-state index contributed by atoms with van der Waals surface area (Å²) in [6.45, 7) is 5.13. The number of amides is 1. The van der Waals surface area contributed by atoms with E-state index < -0.39 is 11.7 Å². The number of nitrogens with one attached hydrogen (secondary N) is 3. The molecule has 0 spiro atoms. The topological polar surface area (TPSA) is 113 Å². The molecule has 1 aromatic heterocycles. The van der Waals surface area contributed by atoms with Crippen LogP contribution in [0, 0.1) is 0 Å². The number of aryl methyl sites for hydroxylation is 1. The lowest BCUT2D eigenvalue weighted by atomic mass is 10.00. The van der Waals surface area contributed by atoms with Crippen molar-refractivity contribution >= 4 is 17.7 Å². The maximum absolute atomic E-state index is 11.2. The molecule has 0 aliphatic rings. The number of carbonyl (C=O) groups excluding carboxylic acids is 1. The van der Waals surface area contributed by atoms with E-state index in [1.807, 2.05) is 26.1 Å². The molecule has 152 valence electrons. The zero-order valence-corrected chi connectivity index (χ0v) is 16.7. The minimum absolute atomic E-state index is 0.284. The quantitative estimate of drug-likeness (QED) is 0.423. The molecule has 2 aromatic rings. The van der Waals surface area contributed by atoms with Gasteiger partial charge in [-0.1, -0.05) is 12.1 Å². The normalized spacial score (nSPS) is 13.5. The summed E-state index contributed by atoms with van der Waals surface area (Å²) in [6, 6.07) is 7.33. The number of carbonyl (C=O) groups is 1. The number of hydrogen-bond donors (Lipinski definition) is 4. The number of nitrogens with zero attached hydrogens (tertiary/aromatic N) is 3. The molecule has 0 saturated carbocycles. The summed E-state index contributed by atoms with van der Waals surface area (Å²) in [5, 5.41) is 23.7. The summed E-state index contributed by atoms with van der Waals surface area (Å²) >= 11 is 0. The summed E-state index contributed by atoms with van der Waals surface area (Å²) in [4.78, 5) is 15.8. The Morgan fingerprint density at radius 1 is 1.32 bits per heavy atom. The second-order valence-corrected chi connectivity index (χ2v) is 6.54. The lowest BCUT2D eigenvalue weighted by Crippen LogP contribution is -2.44. The highest BCUT2D eigenvalue weighted by Crippen LogP contribution is 2.18. The van der Waals surface area contributed by atoms with Crippen LogP contribution in [0.3, 0.4) is 0 Å². The van der Waals surface area contributed by atoms with Gasteiger partial charge in [0.25, 0.3) is 0 Å². The second kappa shape index (κ2) is 9.75. The molecule has 0 radical (unpaired) electrons. The van der Waals surface area contributed by atoms with Crippen LogP contribution < -0.4 is 16.0 Å². The third kappa shape index (κ3) is 6.27. The zero-order chi connectivity index (χ0) is 20.6. The molecule has 0 aliphatic heterocycles. The number of ether oxygens (including phenoxy) is 1. The van der Waals surface area contributed by atoms with Crippen molar-refractivity contribution < 1.29 is 14.6 Å². The average Bonchev–Trinajstić information content (AvgIpc) is 3.12. The Balaban J connectivity index is 1.97. The van der Waals surface area contributed by atoms with Crippen molar-refractivity contribution in [3.63, 3.8) is 0 Å². The Morgan fingerprint density at radius 2 is 2.04 bits per heavy atom. The van der Waals surface area contributed by atoms with Gasteiger partial charge in [0.1, 0.15) is 5.60 Å². The van der Waals surface area contributed by atoms with Crippen LogP contribution in [0.15, 0.2) is 41.7 Å². The molecule has 0 aliphatic carbocycles. The van der Waals surface area contributed by atoms with Crippen LogP contribution in [0.2, 0.25) is 0 Å². The fourth-order valence-electron chi connectivity index (χ4n) is 2.43. The zero-order valence-electron chi connectivity index (χ0n) is 16.7. The van der Waals surface area contributed by atoms with E-state index >= 15 is 0 Å². The van der Waals surface area contributed by atoms with Crippen molar-refractivity contribution in [3.8, 4) is 0 Å². The van der Waals surface area contributed by atoms with Crippen LogP contribution in [0.25, 0.3) is 0 Å². The van der Waals surface area contributed by atoms with E-state index in [1.165, 1.54) is 7.11 Å². The van der Waals surface area contributed by atoms with Gasteiger partial charge in [-0.3, -0.25) is 10.00 Å². The molecule has 1 amide bonds. The number of aromatic nitrogens is 2. The van der Waals surface area contributed by atoms with E-state index in [1.54, 1.807) is 36.1 Å². The largest absolute Gasteiger partial charge is 0.453 e. The highest BCUT2D eigenvalue weighted by atomic mass is 16.5. The van der Waals surface area contributed by atoms with Gasteiger partial charge in [-0.25, -0.2) is 9.79 Å². The Bertz CT molecular complexity index is 798. The number of methoxy groups -OCH3 is 1. The van der Waals surface area contributed by atoms with Crippen LogP contribution >= 0.6 is 0 Å². The van der Waals surface area contributed by atoms with Crippen molar-refractivity contribution in [2.45, 2.75) is 26.0 Å². The van der Waals surface area contributed by atoms with Crippen LogP contribution in [-0.2, 0) is 23.9 Å². The standard InChI is InChI=1S/C19H28N6O3/c1-5-20-17(22-13-19(2,27)15-11-23-25(3)12-15)21-10-14-6-8-16(9-7-14)24-18(26)28-4/h6-9,11-12,27H,5,10,13H2,1-4H3,(H,24,26)(H2,20,21,22). The summed E-state index contributed by atoms with van der Waals surface area (Å²) in [5.74, 6) is 0.600. The van der Waals surface area contributed by atoms with E-state index in [-0.39, 0.29) is 6.54 Å². The molecule has 28 heavy (non-hydrogen) atoms. The summed E-state index contributed by atoms with van der Waals surface area (Å²) in [6.07, 6.45) is 2.93. The molecule has 9 heteroatoms. The van der Waals surface area contributed by atoms with Gasteiger partial charge in [-0.05, 0) is 31.5 Å². The third-order valence-electron chi connectivity index (χ3n) is 4.08. The monoisotopic (exact) mass is 388 g/mol. The highest BCUT2D eigenvalue weighted by molar-refractivity contribution is 5.84. The van der Waals surface area contributed by atoms with Gasteiger partial charge >= 0.3 is 6.09 Å². The molecule has 1 unspecified atom stereocenters. The second-order valence-electron chi connectivity index (χ2n) is 6.54. The summed E-state index contributed by atoms with van der Waals surface area (Å²) in [7, 11) is 3.13. The smallest absolute Gasteiger partial charge is 0.411 e. The maximum Gasteiger partial charge on any atom is 0.411 e. The van der Waals surface area contributed by atoms with E-state index in [2.05, 4.69) is 30.8 Å². The van der Waals surface area contributed by atoms with Crippen LogP contribution in [-0.4, -0.2) is 47.1 Å². The molecule has 4 N–H and O–H groups in total. The van der Waals surface area contributed by atoms with Gasteiger partial charge in [0.2, 0.25) is 0 Å². The Morgan fingerprint density at radius 3 is 2.61 bits per heavy atom. The molecule has 0 bridgehead atoms. The number of aliphatic hydroxyl groups is 1. The van der Waals surface area contributed by atoms with Gasteiger partial charge < -0.3 is 20.5 Å². The minimum Gasteiger partial charge on any atom is -0.453 e. The van der Waals surface area contributed by atoms with Gasteiger partial charge in [0, 0.05) is 31.0 Å². The third-order valence-corrected chi connectivity index (χ3v) is 4.08. The number of rotatable bonds is 7. The van der Waals surface area contributed by atoms with Crippen molar-refractivity contribution in [1.29, 1.82) is 0 Å². The van der Waals surface area contributed by atoms with Crippen molar-refractivity contribution in [2.75, 3.05) is 25.5 Å². The molecule has 0 fully saturated rings. The summed E-state index contributed by atoms with van der Waals surface area (Å²) in [5.41, 5.74) is 1.28. The number of benzene rings is 1. The SMILES string of the molecule is CCNC(=NCc1ccc(NC(=O)OC)cc1)NCC(C)(O)c1cnn(C)c1. The van der Waals surface area contributed by atoms with Crippen LogP contribution in [0.5, 0.6) is 0 Å². The van der Waals surface area contributed by atoms with Gasteiger partial charge in [0.05, 0.1) is 26.4 Å². The fourth-order valence-corrected chi connectivity index (χ4v) is 2.43. The number of hydrogen-bond acceptors (Lipinski definition) is 5. The van der Waals surface area contributed by atoms with Crippen molar-refractivity contribution in [2.24, 2.45) is 12.0 Å². The predicted molar refractivity (Wildman–Crippen MR) is 108 cm³/mol. The van der Waals surface area contributed by atoms with Crippen LogP contribution in [0.1, 0.15) is 25.0 Å². The molecule has 9 nitrogen and oxygen atoms in total. The summed E-state index contributed by atoms with van der Waals surface area (Å²) < 4.78 is 6.22. The average molecular weight is 388 g/mol. The first-order valence-electron chi connectivity index (χ1n) is 9.01. The van der Waals surface area contributed by atoms with Gasteiger partial charge in [0.15, 0.2) is 5.96 Å². The Labute approximate surface area is 164 Å². The van der Waals surface area contributed by atoms with Crippen molar-refractivity contribution in [1.82, 2.24) is 20.4 Å². The lowest BCUT2D eigenvalue weighted by Gasteiger charge is -2.23. The van der Waals surface area contributed by atoms with E-state index in [9.17, 15) is 9.90 Å².